The number of carboxylic acids is 1. The highest BCUT2D eigenvalue weighted by atomic mass is 16.5. The number of hydrogen-bond acceptors (Lipinski definition) is 6. The monoisotopic (exact) mass is 515 g/mol. The van der Waals surface area contributed by atoms with E-state index in [1.165, 1.54) is 11.1 Å². The fraction of sp³-hybridized carbons (Fsp3) is 0.690. The second kappa shape index (κ2) is 12.9. The number of carbonyl (C=O) groups excluding carboxylic acids is 2. The Kier molecular flexibility index (Phi) is 9.60. The number of nitrogens with one attached hydrogen (secondary N) is 1. The van der Waals surface area contributed by atoms with E-state index in [-0.39, 0.29) is 30.4 Å². The average Bonchev–Trinajstić information content (AvgIpc) is 3.56. The van der Waals surface area contributed by atoms with Crippen molar-refractivity contribution in [1.82, 2.24) is 5.32 Å². The Morgan fingerprint density at radius 3 is 2.46 bits per heavy atom. The third-order valence-corrected chi connectivity index (χ3v) is 8.46. The van der Waals surface area contributed by atoms with Crippen molar-refractivity contribution < 1.29 is 33.7 Å². The number of rotatable bonds is 12. The molecule has 37 heavy (non-hydrogen) atoms. The van der Waals surface area contributed by atoms with Gasteiger partial charge in [0.1, 0.15) is 5.75 Å². The lowest BCUT2D eigenvalue weighted by molar-refractivity contribution is -0.144. The third kappa shape index (κ3) is 7.11. The molecule has 2 fully saturated rings. The molecule has 0 spiro atoms. The highest BCUT2D eigenvalue weighted by molar-refractivity contribution is 5.84. The first-order valence-corrected chi connectivity index (χ1v) is 13.8. The van der Waals surface area contributed by atoms with Crippen molar-refractivity contribution in [3.63, 3.8) is 0 Å². The van der Waals surface area contributed by atoms with Crippen molar-refractivity contribution in [3.05, 3.63) is 29.3 Å². The average molecular weight is 516 g/mol. The smallest absolute Gasteiger partial charge is 0.316 e. The van der Waals surface area contributed by atoms with Crippen LogP contribution in [-0.4, -0.2) is 55.9 Å². The number of esters is 1. The van der Waals surface area contributed by atoms with Gasteiger partial charge in [0.25, 0.3) is 0 Å². The molecule has 0 unspecified atom stereocenters. The second-order valence-electron chi connectivity index (χ2n) is 11.0. The Bertz CT molecular complexity index is 948. The lowest BCUT2D eigenvalue weighted by atomic mass is 9.76. The van der Waals surface area contributed by atoms with E-state index in [1.807, 2.05) is 18.2 Å². The summed E-state index contributed by atoms with van der Waals surface area (Å²) in [7, 11) is 1.60. The Morgan fingerprint density at radius 1 is 1.03 bits per heavy atom. The van der Waals surface area contributed by atoms with Crippen LogP contribution in [0.2, 0.25) is 0 Å². The first-order valence-electron chi connectivity index (χ1n) is 13.8. The molecule has 0 aliphatic heterocycles. The molecule has 0 saturated heterocycles. The van der Waals surface area contributed by atoms with Gasteiger partial charge >= 0.3 is 11.9 Å². The number of aryl methyl sites for hydroxylation is 2. The minimum atomic E-state index is -0.754. The quantitative estimate of drug-likeness (QED) is 0.245. The van der Waals surface area contributed by atoms with Crippen LogP contribution < -0.4 is 10.1 Å². The zero-order valence-electron chi connectivity index (χ0n) is 22.0. The molecule has 8 nitrogen and oxygen atoms in total. The summed E-state index contributed by atoms with van der Waals surface area (Å²) in [5.74, 6) is -1.48. The van der Waals surface area contributed by atoms with Gasteiger partial charge in [-0.05, 0) is 87.5 Å². The molecule has 8 heteroatoms. The number of fused-ring (bicyclic) bond motifs is 1. The minimum Gasteiger partial charge on any atom is -0.481 e. The number of ether oxygens (including phenoxy) is 3. The van der Waals surface area contributed by atoms with Gasteiger partial charge in [0.2, 0.25) is 5.91 Å². The molecule has 0 aromatic heterocycles. The summed E-state index contributed by atoms with van der Waals surface area (Å²) in [4.78, 5) is 38.3. The summed E-state index contributed by atoms with van der Waals surface area (Å²) in [6.45, 7) is 0.967. The fourth-order valence-electron chi connectivity index (χ4n) is 6.26. The van der Waals surface area contributed by atoms with Gasteiger partial charge in [-0.2, -0.15) is 0 Å². The van der Waals surface area contributed by atoms with E-state index in [9.17, 15) is 19.5 Å². The molecule has 2 N–H and O–H groups in total. The van der Waals surface area contributed by atoms with Crippen LogP contribution in [0.1, 0.15) is 75.3 Å². The molecule has 4 rings (SSSR count). The largest absolute Gasteiger partial charge is 0.481 e. The van der Waals surface area contributed by atoms with Gasteiger partial charge in [0.05, 0.1) is 37.1 Å². The summed E-state index contributed by atoms with van der Waals surface area (Å²) in [5, 5.41) is 12.5. The number of aliphatic carboxylic acids is 1. The van der Waals surface area contributed by atoms with Crippen molar-refractivity contribution in [2.75, 3.05) is 26.9 Å². The van der Waals surface area contributed by atoms with Gasteiger partial charge in [-0.15, -0.1) is 0 Å². The Balaban J connectivity index is 1.43. The topological polar surface area (TPSA) is 111 Å². The lowest BCUT2D eigenvalue weighted by Crippen LogP contribution is -2.47. The first-order chi connectivity index (χ1) is 17.9. The van der Waals surface area contributed by atoms with E-state index < -0.39 is 17.3 Å². The van der Waals surface area contributed by atoms with Crippen LogP contribution in [0.15, 0.2) is 18.2 Å². The second-order valence-corrected chi connectivity index (χ2v) is 11.0. The lowest BCUT2D eigenvalue weighted by Gasteiger charge is -2.34. The molecular weight excluding hydrogens is 474 g/mol. The van der Waals surface area contributed by atoms with Gasteiger partial charge in [-0.25, -0.2) is 0 Å². The molecule has 1 amide bonds. The van der Waals surface area contributed by atoms with Crippen molar-refractivity contribution in [3.8, 4) is 5.75 Å². The van der Waals surface area contributed by atoms with Crippen LogP contribution in [0.4, 0.5) is 0 Å². The predicted molar refractivity (Wildman–Crippen MR) is 137 cm³/mol. The van der Waals surface area contributed by atoms with Crippen molar-refractivity contribution >= 4 is 17.8 Å². The van der Waals surface area contributed by atoms with Gasteiger partial charge in [-0.1, -0.05) is 18.9 Å². The summed E-state index contributed by atoms with van der Waals surface area (Å²) < 4.78 is 16.7. The number of carbonyl (C=O) groups is 3. The zero-order valence-corrected chi connectivity index (χ0v) is 22.0. The molecule has 1 atom stereocenters. The van der Waals surface area contributed by atoms with Gasteiger partial charge in [0.15, 0.2) is 0 Å². The molecular formula is C29H41NO7. The maximum Gasteiger partial charge on any atom is 0.316 e. The number of hydrogen-bond donors (Lipinski definition) is 2. The van der Waals surface area contributed by atoms with E-state index in [4.69, 9.17) is 14.2 Å². The van der Waals surface area contributed by atoms with E-state index >= 15 is 0 Å². The van der Waals surface area contributed by atoms with Crippen LogP contribution in [0.5, 0.6) is 5.75 Å². The van der Waals surface area contributed by atoms with Gasteiger partial charge in [-0.3, -0.25) is 14.4 Å². The normalized spacial score (nSPS) is 23.3. The maximum atomic E-state index is 13.6. The SMILES string of the molecule is COCCOC[C@@H](CC1(C(=O)NC2CCC(C(=O)O)CC2)CCCC1)C(=O)Oc1ccc2c(c1)CCC2. The highest BCUT2D eigenvalue weighted by Crippen LogP contribution is 2.44. The predicted octanol–water partition coefficient (Wildman–Crippen LogP) is 4.07. The first kappa shape index (κ1) is 27.6. The van der Waals surface area contributed by atoms with Crippen molar-refractivity contribution in [2.24, 2.45) is 17.3 Å². The van der Waals surface area contributed by atoms with E-state index in [0.717, 1.165) is 44.9 Å². The molecule has 204 valence electrons. The standard InChI is InChI=1S/C29H41NO7/c1-35-15-16-36-19-23(27(33)37-25-12-9-20-5-4-6-22(20)17-25)18-29(13-2-3-14-29)28(34)30-24-10-7-21(8-11-24)26(31)32/h9,12,17,21,23-24H,2-8,10-11,13-16,18-19H2,1H3,(H,30,34)(H,31,32)/t21?,23-,24?/m1/s1. The summed E-state index contributed by atoms with van der Waals surface area (Å²) in [5.41, 5.74) is 1.91. The zero-order chi connectivity index (χ0) is 26.3. The van der Waals surface area contributed by atoms with Crippen molar-refractivity contribution in [1.29, 1.82) is 0 Å². The molecule has 0 bridgehead atoms. The maximum absolute atomic E-state index is 13.6. The summed E-state index contributed by atoms with van der Waals surface area (Å²) in [6.07, 6.45) is 9.40. The molecule has 1 aromatic rings. The summed E-state index contributed by atoms with van der Waals surface area (Å²) in [6, 6.07) is 5.85. The summed E-state index contributed by atoms with van der Waals surface area (Å²) >= 11 is 0. The van der Waals surface area contributed by atoms with Crippen LogP contribution in [0, 0.1) is 17.3 Å². The van der Waals surface area contributed by atoms with E-state index in [1.54, 1.807) is 7.11 Å². The fourth-order valence-corrected chi connectivity index (χ4v) is 6.26. The Morgan fingerprint density at radius 2 is 1.76 bits per heavy atom. The number of carboxylic acid groups (broad SMARTS) is 1. The number of benzene rings is 1. The van der Waals surface area contributed by atoms with Crippen LogP contribution in [0.25, 0.3) is 0 Å². The van der Waals surface area contributed by atoms with Gasteiger partial charge in [0, 0.05) is 13.2 Å². The van der Waals surface area contributed by atoms with Crippen molar-refractivity contribution in [2.45, 2.75) is 83.1 Å². The molecule has 2 saturated carbocycles. The van der Waals surface area contributed by atoms with E-state index in [2.05, 4.69) is 5.32 Å². The van der Waals surface area contributed by atoms with E-state index in [0.29, 0.717) is 51.1 Å². The number of methoxy groups -OCH3 is 1. The molecule has 0 radical (unpaired) electrons. The highest BCUT2D eigenvalue weighted by Gasteiger charge is 2.45. The Hall–Kier alpha value is -2.45. The number of amides is 1. The minimum absolute atomic E-state index is 0.0176. The molecule has 3 aliphatic rings. The molecule has 0 heterocycles. The van der Waals surface area contributed by atoms with Crippen LogP contribution >= 0.6 is 0 Å². The molecule has 1 aromatic carbocycles. The molecule has 3 aliphatic carbocycles. The Labute approximate surface area is 219 Å². The van der Waals surface area contributed by atoms with Crippen LogP contribution in [0.3, 0.4) is 0 Å². The third-order valence-electron chi connectivity index (χ3n) is 8.46. The van der Waals surface area contributed by atoms with Crippen LogP contribution in [-0.2, 0) is 36.7 Å². The van der Waals surface area contributed by atoms with Gasteiger partial charge < -0.3 is 24.6 Å².